The van der Waals surface area contributed by atoms with Crippen molar-refractivity contribution in [2.75, 3.05) is 25.1 Å². The van der Waals surface area contributed by atoms with E-state index < -0.39 is 57.3 Å². The number of ether oxygens (including phenoxy) is 1. The van der Waals surface area contributed by atoms with Crippen LogP contribution >= 0.6 is 0 Å². The number of pyridine rings is 1. The molecule has 1 heterocycles. The molecule has 1 aromatic carbocycles. The highest BCUT2D eigenvalue weighted by atomic mass is 32.2. The van der Waals surface area contributed by atoms with E-state index in [1.807, 2.05) is 0 Å². The number of fused-ring (bicyclic) bond motifs is 1. The number of hydrogen-bond acceptors (Lipinski definition) is 7. The molecule has 0 fully saturated rings. The number of aromatic nitrogens is 1. The smallest absolute Gasteiger partial charge is 0.418 e. The van der Waals surface area contributed by atoms with Gasteiger partial charge in [0.1, 0.15) is 11.4 Å². The van der Waals surface area contributed by atoms with Crippen molar-refractivity contribution in [2.24, 2.45) is 5.73 Å². The first-order valence-electron chi connectivity index (χ1n) is 8.42. The number of anilines is 1. The molecule has 0 saturated carbocycles. The third kappa shape index (κ3) is 6.86. The molecule has 2 aromatic rings. The van der Waals surface area contributed by atoms with Gasteiger partial charge >= 0.3 is 12.8 Å². The average molecular weight is 471 g/mol. The third-order valence-corrected chi connectivity index (χ3v) is 4.51. The van der Waals surface area contributed by atoms with Crippen LogP contribution in [0.5, 0.6) is 5.75 Å². The van der Waals surface area contributed by atoms with Crippen LogP contribution in [0.25, 0.3) is 10.9 Å². The summed E-state index contributed by atoms with van der Waals surface area (Å²) in [6.45, 7) is -3.79. The molecule has 9 nitrogen and oxygen atoms in total. The second-order valence-corrected chi connectivity index (χ2v) is 8.26. The molecule has 1 amide bonds. The van der Waals surface area contributed by atoms with Gasteiger partial charge in [-0.3, -0.25) is 4.79 Å². The van der Waals surface area contributed by atoms with Crippen LogP contribution in [0.2, 0.25) is 0 Å². The number of hydrogen-bond donors (Lipinski definition) is 4. The fraction of sp³-hybridized carbons (Fsp3) is 0.375. The normalized spacial score (nSPS) is 13.4. The number of nitrogen functional groups attached to an aromatic ring is 1. The second kappa shape index (κ2) is 9.15. The molecule has 1 atom stereocenters. The number of amides is 1. The lowest BCUT2D eigenvalue weighted by atomic mass is 10.1. The number of nitrogens with one attached hydrogen (secondary N) is 2. The van der Waals surface area contributed by atoms with Crippen LogP contribution in [0.15, 0.2) is 18.2 Å². The lowest BCUT2D eigenvalue weighted by Crippen LogP contribution is -2.44. The molecule has 172 valence electrons. The van der Waals surface area contributed by atoms with Crippen LogP contribution in [0, 0.1) is 0 Å². The summed E-state index contributed by atoms with van der Waals surface area (Å²) in [5.74, 6) is -1.70. The first-order valence-corrected chi connectivity index (χ1v) is 10.3. The lowest BCUT2D eigenvalue weighted by molar-refractivity contribution is -0.136. The van der Waals surface area contributed by atoms with Crippen LogP contribution in [-0.2, 0) is 16.2 Å². The largest absolute Gasteiger partial charge is 0.435 e. The topological polar surface area (TPSA) is 149 Å². The summed E-state index contributed by atoms with van der Waals surface area (Å²) in [7, 11) is -3.51. The van der Waals surface area contributed by atoms with Gasteiger partial charge in [-0.05, 0) is 18.2 Å². The first-order chi connectivity index (χ1) is 14.2. The molecule has 15 heteroatoms. The molecule has 0 aliphatic rings. The zero-order valence-corrected chi connectivity index (χ0v) is 16.7. The van der Waals surface area contributed by atoms with Crippen molar-refractivity contribution in [3.63, 3.8) is 0 Å². The Labute approximate surface area is 173 Å². The predicted octanol–water partition coefficient (Wildman–Crippen LogP) is 1.04. The molecule has 31 heavy (non-hydrogen) atoms. The van der Waals surface area contributed by atoms with E-state index in [9.17, 15) is 35.2 Å². The van der Waals surface area contributed by atoms with Gasteiger partial charge in [-0.15, -0.1) is 0 Å². The van der Waals surface area contributed by atoms with Crippen molar-refractivity contribution >= 4 is 32.5 Å². The summed E-state index contributed by atoms with van der Waals surface area (Å²) < 4.78 is 93.4. The molecule has 1 aromatic heterocycles. The first kappa shape index (κ1) is 24.5. The number of carbonyl (C=O) groups excluding carboxylic acids is 1. The van der Waals surface area contributed by atoms with E-state index in [2.05, 4.69) is 19.8 Å². The quantitative estimate of drug-likeness (QED) is 0.420. The maximum absolute atomic E-state index is 13.4. The molecular weight excluding hydrogens is 453 g/mol. The molecule has 0 bridgehead atoms. The Kier molecular flexibility index (Phi) is 7.23. The maximum Gasteiger partial charge on any atom is 0.418 e. The van der Waals surface area contributed by atoms with Gasteiger partial charge < -0.3 is 21.5 Å². The van der Waals surface area contributed by atoms with Crippen LogP contribution in [-0.4, -0.2) is 51.3 Å². The SMILES string of the molecule is CS(=O)(=O)NCC(N)CNC(=O)c1cc(N)c2cc(OC(F)F)cc(C(F)(F)F)c2n1. The number of sulfonamides is 1. The minimum atomic E-state index is -5.01. The van der Waals surface area contributed by atoms with Crippen LogP contribution in [0.1, 0.15) is 16.1 Å². The fourth-order valence-corrected chi connectivity index (χ4v) is 2.99. The van der Waals surface area contributed by atoms with Crippen molar-refractivity contribution in [1.82, 2.24) is 15.0 Å². The number of benzene rings is 1. The minimum Gasteiger partial charge on any atom is -0.435 e. The van der Waals surface area contributed by atoms with Gasteiger partial charge in [0, 0.05) is 30.2 Å². The van der Waals surface area contributed by atoms with Gasteiger partial charge in [-0.1, -0.05) is 0 Å². The molecule has 0 aliphatic heterocycles. The van der Waals surface area contributed by atoms with Crippen LogP contribution < -0.4 is 26.2 Å². The van der Waals surface area contributed by atoms with Gasteiger partial charge in [0.2, 0.25) is 10.0 Å². The van der Waals surface area contributed by atoms with E-state index in [0.717, 1.165) is 18.4 Å². The summed E-state index contributed by atoms with van der Waals surface area (Å²) >= 11 is 0. The Morgan fingerprint density at radius 2 is 1.87 bits per heavy atom. The fourth-order valence-electron chi connectivity index (χ4n) is 2.47. The van der Waals surface area contributed by atoms with E-state index in [1.54, 1.807) is 0 Å². The summed E-state index contributed by atoms with van der Waals surface area (Å²) in [6.07, 6.45) is -4.09. The summed E-state index contributed by atoms with van der Waals surface area (Å²) in [4.78, 5) is 16.0. The minimum absolute atomic E-state index is 0.197. The average Bonchev–Trinajstić information content (AvgIpc) is 2.62. The molecule has 6 N–H and O–H groups in total. The van der Waals surface area contributed by atoms with Gasteiger partial charge in [0.05, 0.1) is 17.3 Å². The number of rotatable bonds is 8. The molecule has 0 saturated heterocycles. The number of alkyl halides is 5. The van der Waals surface area contributed by atoms with E-state index in [1.165, 1.54) is 0 Å². The number of nitrogens with two attached hydrogens (primary N) is 2. The summed E-state index contributed by atoms with van der Waals surface area (Å²) in [5, 5.41) is 1.96. The standard InChI is InChI=1S/C16H18F5N5O4S/c1-31(28,29)25-6-7(22)5-24-14(27)12-4-11(23)9-2-8(30-15(17)18)3-10(13(9)26-12)16(19,20)21/h2-4,7,15,25H,5-6,22H2,1H3,(H2,23,26)(H,24,27). The second-order valence-electron chi connectivity index (χ2n) is 6.43. The number of carbonyl (C=O) groups is 1. The highest BCUT2D eigenvalue weighted by Crippen LogP contribution is 2.39. The summed E-state index contributed by atoms with van der Waals surface area (Å²) in [5.41, 5.74) is 8.41. The number of nitrogens with zero attached hydrogens (tertiary/aromatic N) is 1. The zero-order chi connectivity index (χ0) is 23.6. The van der Waals surface area contributed by atoms with E-state index in [-0.39, 0.29) is 24.2 Å². The maximum atomic E-state index is 13.4. The van der Waals surface area contributed by atoms with Crippen molar-refractivity contribution in [2.45, 2.75) is 18.8 Å². The van der Waals surface area contributed by atoms with Crippen molar-refractivity contribution in [3.05, 3.63) is 29.5 Å². The summed E-state index contributed by atoms with van der Waals surface area (Å²) in [6, 6.07) is 1.31. The van der Waals surface area contributed by atoms with Gasteiger partial charge in [-0.25, -0.2) is 18.1 Å². The Hall–Kier alpha value is -2.78. The third-order valence-electron chi connectivity index (χ3n) is 3.81. The van der Waals surface area contributed by atoms with Gasteiger partial charge in [0.15, 0.2) is 0 Å². The molecule has 2 rings (SSSR count). The molecule has 0 radical (unpaired) electrons. The predicted molar refractivity (Wildman–Crippen MR) is 101 cm³/mol. The lowest BCUT2D eigenvalue weighted by Gasteiger charge is -2.16. The monoisotopic (exact) mass is 471 g/mol. The Morgan fingerprint density at radius 3 is 2.42 bits per heavy atom. The Bertz CT molecular complexity index is 1080. The van der Waals surface area contributed by atoms with Crippen molar-refractivity contribution < 1.29 is 39.9 Å². The molecule has 0 spiro atoms. The zero-order valence-electron chi connectivity index (χ0n) is 15.8. The van der Waals surface area contributed by atoms with Crippen LogP contribution in [0.3, 0.4) is 0 Å². The highest BCUT2D eigenvalue weighted by Gasteiger charge is 2.35. The van der Waals surface area contributed by atoms with E-state index >= 15 is 0 Å². The van der Waals surface area contributed by atoms with E-state index in [0.29, 0.717) is 6.07 Å². The van der Waals surface area contributed by atoms with Gasteiger partial charge in [-0.2, -0.15) is 22.0 Å². The highest BCUT2D eigenvalue weighted by molar-refractivity contribution is 7.88. The molecule has 1 unspecified atom stereocenters. The number of halogens is 5. The molecule has 0 aliphatic carbocycles. The van der Waals surface area contributed by atoms with Crippen molar-refractivity contribution in [3.8, 4) is 5.75 Å². The van der Waals surface area contributed by atoms with E-state index in [4.69, 9.17) is 11.5 Å². The Balaban J connectivity index is 2.34. The van der Waals surface area contributed by atoms with Gasteiger partial charge in [0.25, 0.3) is 5.91 Å². The van der Waals surface area contributed by atoms with Crippen LogP contribution in [0.4, 0.5) is 27.6 Å². The Morgan fingerprint density at radius 1 is 1.23 bits per heavy atom. The molecular formula is C16H18F5N5O4S. The van der Waals surface area contributed by atoms with Crippen molar-refractivity contribution in [1.29, 1.82) is 0 Å².